The van der Waals surface area contributed by atoms with Gasteiger partial charge in [0.1, 0.15) is 0 Å². The third-order valence-electron chi connectivity index (χ3n) is 3.13. The zero-order valence-corrected chi connectivity index (χ0v) is 11.6. The van der Waals surface area contributed by atoms with Crippen LogP contribution in [0.3, 0.4) is 0 Å². The van der Waals surface area contributed by atoms with Crippen molar-refractivity contribution in [2.75, 3.05) is 0 Å². The van der Waals surface area contributed by atoms with E-state index >= 15 is 0 Å². The molecule has 0 aliphatic rings. The number of benzene rings is 2. The van der Waals surface area contributed by atoms with Gasteiger partial charge < -0.3 is 9.79 Å². The lowest BCUT2D eigenvalue weighted by atomic mass is 9.98. The van der Waals surface area contributed by atoms with Gasteiger partial charge in [-0.05, 0) is 33.9 Å². The minimum absolute atomic E-state index is 0.0155. The highest BCUT2D eigenvalue weighted by atomic mass is 31.2. The molecule has 2 N–H and O–H groups in total. The molecule has 0 fully saturated rings. The number of fused-ring (bicyclic) bond motifs is 1. The summed E-state index contributed by atoms with van der Waals surface area (Å²) in [5, 5.41) is 1.71. The molecular formula is C14H16FO3P. The molecule has 0 radical (unpaired) electrons. The Kier molecular flexibility index (Phi) is 3.77. The van der Waals surface area contributed by atoms with E-state index in [4.69, 9.17) is 9.79 Å². The first kappa shape index (κ1) is 14.2. The van der Waals surface area contributed by atoms with E-state index in [9.17, 15) is 8.96 Å². The van der Waals surface area contributed by atoms with Gasteiger partial charge in [-0.15, -0.1) is 0 Å². The first-order chi connectivity index (χ1) is 8.79. The van der Waals surface area contributed by atoms with Crippen molar-refractivity contribution in [2.24, 2.45) is 0 Å². The summed E-state index contributed by atoms with van der Waals surface area (Å²) in [6.07, 6.45) is 0. The maximum absolute atomic E-state index is 13.7. The summed E-state index contributed by atoms with van der Waals surface area (Å²) in [6.45, 7) is 4.11. The minimum Gasteiger partial charge on any atom is -0.322 e. The highest BCUT2D eigenvalue weighted by Gasteiger charge is 2.30. The van der Waals surface area contributed by atoms with Gasteiger partial charge in [-0.3, -0.25) is 4.57 Å². The maximum Gasteiger partial charge on any atom is 0.363 e. The molecule has 0 bridgehead atoms. The summed E-state index contributed by atoms with van der Waals surface area (Å²) in [5.74, 6) is -1.92. The fraction of sp³-hybridized carbons (Fsp3) is 0.286. The van der Waals surface area contributed by atoms with Crippen LogP contribution in [0.25, 0.3) is 10.8 Å². The van der Waals surface area contributed by atoms with Crippen LogP contribution >= 0.6 is 7.60 Å². The van der Waals surface area contributed by atoms with Crippen LogP contribution in [0.4, 0.5) is 4.39 Å². The highest BCUT2D eigenvalue weighted by molar-refractivity contribution is 7.51. The quantitative estimate of drug-likeness (QED) is 0.833. The molecule has 2 aromatic carbocycles. The van der Waals surface area contributed by atoms with Crippen molar-refractivity contribution in [3.63, 3.8) is 0 Å². The summed E-state index contributed by atoms with van der Waals surface area (Å²) in [6, 6.07) is 10.5. The molecule has 0 heterocycles. The van der Waals surface area contributed by atoms with Crippen LogP contribution in [0.15, 0.2) is 36.4 Å². The van der Waals surface area contributed by atoms with E-state index in [0.29, 0.717) is 5.92 Å². The Bertz CT molecular complexity index is 648. The normalized spacial score (nSPS) is 14.0. The first-order valence-electron chi connectivity index (χ1n) is 6.02. The zero-order valence-electron chi connectivity index (χ0n) is 10.7. The Morgan fingerprint density at radius 3 is 2.05 bits per heavy atom. The van der Waals surface area contributed by atoms with Crippen molar-refractivity contribution in [3.8, 4) is 0 Å². The van der Waals surface area contributed by atoms with E-state index in [0.717, 1.165) is 16.3 Å². The molecule has 0 saturated carbocycles. The Morgan fingerprint density at radius 1 is 1.00 bits per heavy atom. The monoisotopic (exact) mass is 282 g/mol. The van der Waals surface area contributed by atoms with Crippen LogP contribution in [0.5, 0.6) is 0 Å². The Morgan fingerprint density at radius 2 is 1.53 bits per heavy atom. The van der Waals surface area contributed by atoms with Gasteiger partial charge in [0, 0.05) is 0 Å². The van der Waals surface area contributed by atoms with Gasteiger partial charge in [-0.1, -0.05) is 44.2 Å². The lowest BCUT2D eigenvalue weighted by Gasteiger charge is -2.12. The lowest BCUT2D eigenvalue weighted by molar-refractivity contribution is 0.303. The zero-order chi connectivity index (χ0) is 14.2. The fourth-order valence-electron chi connectivity index (χ4n) is 1.99. The van der Waals surface area contributed by atoms with E-state index in [1.165, 1.54) is 12.1 Å². The van der Waals surface area contributed by atoms with Crippen molar-refractivity contribution < 1.29 is 18.7 Å². The molecule has 2 aromatic rings. The Hall–Kier alpha value is -1.22. The fourth-order valence-corrected chi connectivity index (χ4v) is 2.53. The van der Waals surface area contributed by atoms with Crippen molar-refractivity contribution in [2.45, 2.75) is 25.7 Å². The third-order valence-corrected chi connectivity index (χ3v) is 4.01. The van der Waals surface area contributed by atoms with Crippen LogP contribution in [0.1, 0.15) is 36.8 Å². The van der Waals surface area contributed by atoms with Crippen LogP contribution in [0.2, 0.25) is 0 Å². The second kappa shape index (κ2) is 5.04. The molecule has 1 atom stereocenters. The van der Waals surface area contributed by atoms with Crippen LogP contribution < -0.4 is 0 Å². The molecule has 0 aromatic heterocycles. The van der Waals surface area contributed by atoms with Gasteiger partial charge in [0.2, 0.25) is 5.91 Å². The summed E-state index contributed by atoms with van der Waals surface area (Å²) in [5.41, 5.74) is 1.12. The standard InChI is InChI=1S/C14H16FO3P/c1-9(2)11-5-3-10-4-6-12(8-13(10)7-11)14(15)19(16,17)18/h3-9,14H,1-2H3,(H2,16,17,18). The topological polar surface area (TPSA) is 57.5 Å². The van der Waals surface area contributed by atoms with Crippen LogP contribution in [-0.4, -0.2) is 9.79 Å². The first-order valence-corrected chi connectivity index (χ1v) is 7.70. The van der Waals surface area contributed by atoms with E-state index in [2.05, 4.69) is 13.8 Å². The molecule has 0 saturated heterocycles. The van der Waals surface area contributed by atoms with E-state index in [1.807, 2.05) is 18.2 Å². The summed E-state index contributed by atoms with van der Waals surface area (Å²) >= 11 is 0. The average Bonchev–Trinajstić information content (AvgIpc) is 2.35. The molecule has 0 aliphatic carbocycles. The van der Waals surface area contributed by atoms with Gasteiger partial charge >= 0.3 is 7.60 Å². The molecule has 2 rings (SSSR count). The molecular weight excluding hydrogens is 266 g/mol. The number of alkyl halides is 1. The number of halogens is 1. The molecule has 0 aliphatic heterocycles. The summed E-state index contributed by atoms with van der Waals surface area (Å²) in [4.78, 5) is 17.8. The third kappa shape index (κ3) is 3.03. The van der Waals surface area contributed by atoms with Gasteiger partial charge in [-0.2, -0.15) is 0 Å². The summed E-state index contributed by atoms with van der Waals surface area (Å²) < 4.78 is 24.6. The van der Waals surface area contributed by atoms with Crippen molar-refractivity contribution in [3.05, 3.63) is 47.5 Å². The van der Waals surface area contributed by atoms with Gasteiger partial charge in [0.15, 0.2) is 0 Å². The van der Waals surface area contributed by atoms with Crippen LogP contribution in [-0.2, 0) is 4.57 Å². The number of hydrogen-bond acceptors (Lipinski definition) is 1. The maximum atomic E-state index is 13.7. The minimum atomic E-state index is -4.75. The van der Waals surface area contributed by atoms with Gasteiger partial charge in [0.25, 0.3) is 0 Å². The molecule has 5 heteroatoms. The van der Waals surface area contributed by atoms with Gasteiger partial charge in [-0.25, -0.2) is 4.39 Å². The molecule has 19 heavy (non-hydrogen) atoms. The van der Waals surface area contributed by atoms with Crippen molar-refractivity contribution >= 4 is 18.4 Å². The Labute approximate surface area is 111 Å². The second-order valence-corrected chi connectivity index (χ2v) is 6.58. The largest absolute Gasteiger partial charge is 0.363 e. The molecule has 3 nitrogen and oxygen atoms in total. The second-order valence-electron chi connectivity index (χ2n) is 4.95. The highest BCUT2D eigenvalue weighted by Crippen LogP contribution is 2.52. The predicted octanol–water partition coefficient (Wildman–Crippen LogP) is 4.11. The smallest absolute Gasteiger partial charge is 0.322 e. The summed E-state index contributed by atoms with van der Waals surface area (Å²) in [7, 11) is -4.75. The van der Waals surface area contributed by atoms with E-state index < -0.39 is 13.5 Å². The predicted molar refractivity (Wildman–Crippen MR) is 73.9 cm³/mol. The van der Waals surface area contributed by atoms with Crippen molar-refractivity contribution in [1.82, 2.24) is 0 Å². The molecule has 102 valence electrons. The van der Waals surface area contributed by atoms with E-state index in [-0.39, 0.29) is 5.56 Å². The molecule has 1 unspecified atom stereocenters. The average molecular weight is 282 g/mol. The number of hydrogen-bond donors (Lipinski definition) is 2. The van der Waals surface area contributed by atoms with Gasteiger partial charge in [0.05, 0.1) is 0 Å². The van der Waals surface area contributed by atoms with Crippen molar-refractivity contribution in [1.29, 1.82) is 0 Å². The molecule has 0 amide bonds. The molecule has 0 spiro atoms. The van der Waals surface area contributed by atoms with Crippen LogP contribution in [0, 0.1) is 0 Å². The SMILES string of the molecule is CC(C)c1ccc2ccc(C(F)P(=O)(O)O)cc2c1. The number of rotatable bonds is 3. The van der Waals surface area contributed by atoms with E-state index in [1.54, 1.807) is 6.07 Å². The Balaban J connectivity index is 2.52. The lowest BCUT2D eigenvalue weighted by Crippen LogP contribution is -1.94.